The summed E-state index contributed by atoms with van der Waals surface area (Å²) in [5.41, 5.74) is 0. The number of hydrogen-bond acceptors (Lipinski definition) is 3. The van der Waals surface area contributed by atoms with E-state index in [2.05, 4.69) is 11.3 Å². The quantitative estimate of drug-likeness (QED) is 0.388. The molecule has 0 saturated carbocycles. The molecule has 0 saturated heterocycles. The second-order valence-corrected chi connectivity index (χ2v) is 0.951. The average Bonchev–Trinajstić information content (AvgIpc) is 1.88. The second kappa shape index (κ2) is 9.85. The summed E-state index contributed by atoms with van der Waals surface area (Å²) in [6.45, 7) is 4.59. The maximum atomic E-state index is 9.84. The number of carbonyl (C=O) groups excluding carboxylic acids is 1. The van der Waals surface area contributed by atoms with Crippen molar-refractivity contribution in [3.05, 3.63) is 12.7 Å². The first kappa shape index (κ1) is 10.6. The van der Waals surface area contributed by atoms with E-state index in [-0.39, 0.29) is 0 Å². The van der Waals surface area contributed by atoms with E-state index >= 15 is 0 Å². The van der Waals surface area contributed by atoms with Crippen molar-refractivity contribution in [2.45, 2.75) is 6.92 Å². The van der Waals surface area contributed by atoms with E-state index in [0.29, 0.717) is 0 Å². The van der Waals surface area contributed by atoms with Crippen LogP contribution < -0.4 is 0 Å². The van der Waals surface area contributed by atoms with E-state index < -0.39 is 5.97 Å². The first-order chi connectivity index (χ1) is 4.22. The molecule has 0 aliphatic rings. The van der Waals surface area contributed by atoms with Gasteiger partial charge in [0.15, 0.2) is 0 Å². The Bertz CT molecular complexity index is 124. The van der Waals surface area contributed by atoms with Crippen molar-refractivity contribution < 1.29 is 9.53 Å². The Labute approximate surface area is 54.5 Å². The van der Waals surface area contributed by atoms with Crippen molar-refractivity contribution in [2.75, 3.05) is 7.11 Å². The zero-order valence-electron chi connectivity index (χ0n) is 5.55. The third-order valence-electron chi connectivity index (χ3n) is 0.368. The molecular weight excluding hydrogens is 118 g/mol. The molecular formula is C6H9NO2. The largest absolute Gasteiger partial charge is 0.466 e. The first-order valence-corrected chi connectivity index (χ1v) is 2.24. The highest BCUT2D eigenvalue weighted by atomic mass is 16.5. The van der Waals surface area contributed by atoms with E-state index in [1.54, 1.807) is 6.07 Å². The van der Waals surface area contributed by atoms with Gasteiger partial charge < -0.3 is 4.74 Å². The van der Waals surface area contributed by atoms with Crippen molar-refractivity contribution in [1.82, 2.24) is 0 Å². The Morgan fingerprint density at radius 2 is 2.22 bits per heavy atom. The first-order valence-electron chi connectivity index (χ1n) is 2.24. The summed E-state index contributed by atoms with van der Waals surface area (Å²) < 4.78 is 4.14. The van der Waals surface area contributed by atoms with Crippen molar-refractivity contribution in [3.8, 4) is 6.07 Å². The van der Waals surface area contributed by atoms with Gasteiger partial charge in [0.25, 0.3) is 0 Å². The van der Waals surface area contributed by atoms with E-state index in [4.69, 9.17) is 5.26 Å². The van der Waals surface area contributed by atoms with Crippen LogP contribution in [-0.2, 0) is 9.53 Å². The number of ether oxygens (including phenoxy) is 1. The minimum absolute atomic E-state index is 0.394. The van der Waals surface area contributed by atoms with Crippen LogP contribution in [0.3, 0.4) is 0 Å². The molecule has 3 heteroatoms. The van der Waals surface area contributed by atoms with Gasteiger partial charge in [0, 0.05) is 13.0 Å². The predicted molar refractivity (Wildman–Crippen MR) is 33.5 cm³/mol. The fraction of sp³-hybridized carbons (Fsp3) is 0.333. The lowest BCUT2D eigenvalue weighted by molar-refractivity contribution is -0.134. The molecule has 0 amide bonds. The van der Waals surface area contributed by atoms with Crippen LogP contribution >= 0.6 is 0 Å². The number of carbonyl (C=O) groups is 1. The zero-order chi connectivity index (χ0) is 7.70. The molecule has 0 bridgehead atoms. The molecule has 0 aliphatic carbocycles. The Hall–Kier alpha value is -1.30. The van der Waals surface area contributed by atoms with Crippen LogP contribution in [0.15, 0.2) is 12.7 Å². The number of methoxy groups -OCH3 is 1. The Morgan fingerprint density at radius 3 is 2.22 bits per heavy atom. The molecule has 3 nitrogen and oxygen atoms in total. The third-order valence-corrected chi connectivity index (χ3v) is 0.368. The molecule has 9 heavy (non-hydrogen) atoms. The summed E-state index contributed by atoms with van der Waals surface area (Å²) in [7, 11) is 1.31. The lowest BCUT2D eigenvalue weighted by atomic mass is 10.7. The standard InChI is InChI=1S/C4H6O2.C2H3N/c1-3-4(5)6-2;1-2-3/h3H,1H2,2H3;1H3. The van der Waals surface area contributed by atoms with Crippen LogP contribution in [0.5, 0.6) is 0 Å². The normalized spacial score (nSPS) is 5.44. The molecule has 0 N–H and O–H groups in total. The van der Waals surface area contributed by atoms with Crippen LogP contribution in [0.1, 0.15) is 6.92 Å². The molecule has 0 aromatic rings. The highest BCUT2D eigenvalue weighted by Crippen LogP contribution is 1.67. The predicted octanol–water partition coefficient (Wildman–Crippen LogP) is 0.875. The molecule has 0 heterocycles. The maximum absolute atomic E-state index is 9.84. The Kier molecular flexibility index (Phi) is 11.6. The molecule has 0 spiro atoms. The molecule has 0 rings (SSSR count). The van der Waals surface area contributed by atoms with Gasteiger partial charge in [-0.2, -0.15) is 5.26 Å². The minimum Gasteiger partial charge on any atom is -0.466 e. The van der Waals surface area contributed by atoms with E-state index in [1.807, 2.05) is 0 Å². The number of esters is 1. The molecule has 0 atom stereocenters. The molecule has 0 aromatic carbocycles. The van der Waals surface area contributed by atoms with Crippen LogP contribution in [0.4, 0.5) is 0 Å². The van der Waals surface area contributed by atoms with Crippen LogP contribution in [0.2, 0.25) is 0 Å². The second-order valence-electron chi connectivity index (χ2n) is 0.951. The van der Waals surface area contributed by atoms with Gasteiger partial charge in [-0.05, 0) is 0 Å². The number of nitriles is 1. The molecule has 50 valence electrons. The Balaban J connectivity index is 0. The third kappa shape index (κ3) is 20.3. The van der Waals surface area contributed by atoms with Crippen molar-refractivity contribution in [3.63, 3.8) is 0 Å². The van der Waals surface area contributed by atoms with Gasteiger partial charge in [0.1, 0.15) is 0 Å². The van der Waals surface area contributed by atoms with Crippen LogP contribution in [-0.4, -0.2) is 13.1 Å². The summed E-state index contributed by atoms with van der Waals surface area (Å²) in [5, 5.41) is 7.32. The summed E-state index contributed by atoms with van der Waals surface area (Å²) in [6.07, 6.45) is 1.11. The molecule has 0 fully saturated rings. The van der Waals surface area contributed by atoms with E-state index in [0.717, 1.165) is 6.08 Å². The van der Waals surface area contributed by atoms with Crippen LogP contribution in [0.25, 0.3) is 0 Å². The summed E-state index contributed by atoms with van der Waals surface area (Å²) >= 11 is 0. The molecule has 0 unspecified atom stereocenters. The van der Waals surface area contributed by atoms with Crippen molar-refractivity contribution in [1.29, 1.82) is 5.26 Å². The molecule has 0 radical (unpaired) electrons. The lowest BCUT2D eigenvalue weighted by Crippen LogP contribution is -1.91. The zero-order valence-corrected chi connectivity index (χ0v) is 5.55. The number of nitrogens with zero attached hydrogens (tertiary/aromatic N) is 1. The van der Waals surface area contributed by atoms with Gasteiger partial charge in [0.05, 0.1) is 13.2 Å². The fourth-order valence-electron chi connectivity index (χ4n) is 0.0833. The number of rotatable bonds is 1. The fourth-order valence-corrected chi connectivity index (χ4v) is 0.0833. The van der Waals surface area contributed by atoms with Gasteiger partial charge in [-0.15, -0.1) is 0 Å². The highest BCUT2D eigenvalue weighted by molar-refractivity contribution is 5.80. The van der Waals surface area contributed by atoms with Gasteiger partial charge in [-0.1, -0.05) is 6.58 Å². The van der Waals surface area contributed by atoms with Gasteiger partial charge in [-0.25, -0.2) is 4.79 Å². The van der Waals surface area contributed by atoms with Crippen LogP contribution in [0, 0.1) is 11.3 Å². The minimum atomic E-state index is -0.394. The highest BCUT2D eigenvalue weighted by Gasteiger charge is 1.81. The Morgan fingerprint density at radius 1 is 1.89 bits per heavy atom. The molecule has 0 aliphatic heterocycles. The van der Waals surface area contributed by atoms with Gasteiger partial charge in [-0.3, -0.25) is 0 Å². The summed E-state index contributed by atoms with van der Waals surface area (Å²) in [5.74, 6) is -0.394. The lowest BCUT2D eigenvalue weighted by Gasteiger charge is -1.83. The SMILES string of the molecule is C=CC(=O)OC.CC#N. The van der Waals surface area contributed by atoms with Crippen molar-refractivity contribution in [2.24, 2.45) is 0 Å². The smallest absolute Gasteiger partial charge is 0.329 e. The average molecular weight is 127 g/mol. The monoisotopic (exact) mass is 127 g/mol. The topological polar surface area (TPSA) is 50.1 Å². The van der Waals surface area contributed by atoms with Crippen molar-refractivity contribution >= 4 is 5.97 Å². The van der Waals surface area contributed by atoms with Gasteiger partial charge in [0.2, 0.25) is 0 Å². The van der Waals surface area contributed by atoms with E-state index in [1.165, 1.54) is 14.0 Å². The summed E-state index contributed by atoms with van der Waals surface area (Å²) in [6, 6.07) is 1.75. The maximum Gasteiger partial charge on any atom is 0.329 e. The van der Waals surface area contributed by atoms with Gasteiger partial charge >= 0.3 is 5.97 Å². The summed E-state index contributed by atoms with van der Waals surface area (Å²) in [4.78, 5) is 9.84. The number of hydrogen-bond donors (Lipinski definition) is 0. The molecule has 0 aromatic heterocycles. The van der Waals surface area contributed by atoms with E-state index in [9.17, 15) is 4.79 Å².